The highest BCUT2D eigenvalue weighted by molar-refractivity contribution is 5.83. The van der Waals surface area contributed by atoms with E-state index in [0.717, 1.165) is 73.1 Å². The lowest BCUT2D eigenvalue weighted by Crippen LogP contribution is -2.18. The fourth-order valence-electron chi connectivity index (χ4n) is 8.06. The highest BCUT2D eigenvalue weighted by Crippen LogP contribution is 2.44. The summed E-state index contributed by atoms with van der Waals surface area (Å²) in [7, 11) is 0. The molecule has 8 rings (SSSR count). The van der Waals surface area contributed by atoms with Crippen molar-refractivity contribution in [3.63, 3.8) is 0 Å². The molecule has 0 saturated heterocycles. The van der Waals surface area contributed by atoms with Crippen molar-refractivity contribution < 1.29 is 5.11 Å². The van der Waals surface area contributed by atoms with E-state index in [1.54, 1.807) is 0 Å². The van der Waals surface area contributed by atoms with Crippen LogP contribution in [0.2, 0.25) is 0 Å². The molecule has 61 heavy (non-hydrogen) atoms. The van der Waals surface area contributed by atoms with Crippen LogP contribution in [0, 0.1) is 0 Å². The van der Waals surface area contributed by atoms with Crippen LogP contribution in [0.5, 0.6) is 5.75 Å². The summed E-state index contributed by atoms with van der Waals surface area (Å²) in [6.45, 7) is 17.6. The summed E-state index contributed by atoms with van der Waals surface area (Å²) >= 11 is 0. The van der Waals surface area contributed by atoms with E-state index in [1.165, 1.54) is 11.1 Å². The average molecular weight is 798 g/mol. The third-order valence-electron chi connectivity index (χ3n) is 11.8. The Morgan fingerprint density at radius 1 is 0.426 bits per heavy atom. The summed E-state index contributed by atoms with van der Waals surface area (Å²) < 4.78 is 0. The SMILES string of the molecule is CC(C)(C)c1cc(-c2cc(-c3ccccc3)cc(-c3cccc(N(c4ccccc4)c4cc(-c5ccc(C(C)(C)c6ccccc6)cc5)ccn4)c3)n2)c(O)c(C(C)(C)C)c1. The van der Waals surface area contributed by atoms with E-state index in [1.807, 2.05) is 18.3 Å². The zero-order valence-electron chi connectivity index (χ0n) is 36.6. The van der Waals surface area contributed by atoms with Crippen molar-refractivity contribution in [2.24, 2.45) is 0 Å². The van der Waals surface area contributed by atoms with E-state index < -0.39 is 0 Å². The Morgan fingerprint density at radius 2 is 1.00 bits per heavy atom. The van der Waals surface area contributed by atoms with Gasteiger partial charge in [-0.15, -0.1) is 0 Å². The van der Waals surface area contributed by atoms with Crippen LogP contribution >= 0.6 is 0 Å². The molecule has 4 nitrogen and oxygen atoms in total. The molecule has 8 aromatic rings. The second-order valence-electron chi connectivity index (χ2n) is 18.6. The van der Waals surface area contributed by atoms with Crippen molar-refractivity contribution in [2.45, 2.75) is 71.6 Å². The first-order valence-electron chi connectivity index (χ1n) is 21.2. The number of benzene rings is 6. The van der Waals surface area contributed by atoms with Gasteiger partial charge < -0.3 is 5.11 Å². The van der Waals surface area contributed by atoms with Gasteiger partial charge in [-0.1, -0.05) is 177 Å². The number of rotatable bonds is 9. The Labute approximate surface area is 362 Å². The molecule has 0 aliphatic carbocycles. The van der Waals surface area contributed by atoms with E-state index >= 15 is 0 Å². The molecule has 0 radical (unpaired) electrons. The largest absolute Gasteiger partial charge is 0.507 e. The predicted molar refractivity (Wildman–Crippen MR) is 256 cm³/mol. The molecular weight excluding hydrogens is 743 g/mol. The summed E-state index contributed by atoms with van der Waals surface area (Å²) in [4.78, 5) is 12.5. The number of phenolic OH excluding ortho intramolecular Hbond substituents is 1. The molecule has 2 aromatic heterocycles. The summed E-state index contributed by atoms with van der Waals surface area (Å²) in [6, 6.07) is 61.7. The highest BCUT2D eigenvalue weighted by atomic mass is 16.3. The number of aromatic nitrogens is 2. The van der Waals surface area contributed by atoms with Crippen molar-refractivity contribution in [1.82, 2.24) is 9.97 Å². The molecule has 0 saturated carbocycles. The van der Waals surface area contributed by atoms with E-state index in [4.69, 9.17) is 9.97 Å². The van der Waals surface area contributed by atoms with Crippen LogP contribution in [0.3, 0.4) is 0 Å². The topological polar surface area (TPSA) is 49.2 Å². The van der Waals surface area contributed by atoms with E-state index in [-0.39, 0.29) is 22.0 Å². The zero-order valence-corrected chi connectivity index (χ0v) is 36.6. The monoisotopic (exact) mass is 797 g/mol. The van der Waals surface area contributed by atoms with Gasteiger partial charge in [0.05, 0.1) is 11.4 Å². The Kier molecular flexibility index (Phi) is 11.0. The van der Waals surface area contributed by atoms with Gasteiger partial charge in [-0.2, -0.15) is 0 Å². The van der Waals surface area contributed by atoms with Crippen LogP contribution in [0.25, 0.3) is 44.8 Å². The van der Waals surface area contributed by atoms with Gasteiger partial charge in [0.25, 0.3) is 0 Å². The smallest absolute Gasteiger partial charge is 0.138 e. The van der Waals surface area contributed by atoms with Gasteiger partial charge in [-0.25, -0.2) is 9.97 Å². The molecule has 0 unspecified atom stereocenters. The normalized spacial score (nSPS) is 12.0. The Balaban J connectivity index is 1.23. The van der Waals surface area contributed by atoms with Gasteiger partial charge in [-0.05, 0) is 104 Å². The number of anilines is 3. The Hall–Kier alpha value is -6.78. The second-order valence-corrected chi connectivity index (χ2v) is 18.6. The highest BCUT2D eigenvalue weighted by Gasteiger charge is 2.27. The van der Waals surface area contributed by atoms with Crippen LogP contribution in [-0.2, 0) is 16.2 Å². The zero-order chi connectivity index (χ0) is 42.9. The minimum Gasteiger partial charge on any atom is -0.507 e. The lowest BCUT2D eigenvalue weighted by molar-refractivity contribution is 0.446. The first-order valence-corrected chi connectivity index (χ1v) is 21.2. The van der Waals surface area contributed by atoms with E-state index in [2.05, 4.69) is 224 Å². The summed E-state index contributed by atoms with van der Waals surface area (Å²) in [6.07, 6.45) is 1.90. The lowest BCUT2D eigenvalue weighted by atomic mass is 9.78. The number of aromatic hydroxyl groups is 1. The lowest BCUT2D eigenvalue weighted by Gasteiger charge is -2.27. The van der Waals surface area contributed by atoms with Gasteiger partial charge in [0.15, 0.2) is 0 Å². The van der Waals surface area contributed by atoms with Gasteiger partial charge in [0.2, 0.25) is 0 Å². The molecule has 0 atom stereocenters. The summed E-state index contributed by atoms with van der Waals surface area (Å²) in [5.74, 6) is 1.08. The fraction of sp³-hybridized carbons (Fsp3) is 0.193. The Bertz CT molecular complexity index is 2780. The van der Waals surface area contributed by atoms with Crippen molar-refractivity contribution in [2.75, 3.05) is 4.90 Å². The van der Waals surface area contributed by atoms with Crippen molar-refractivity contribution in [3.05, 3.63) is 204 Å². The first-order chi connectivity index (χ1) is 29.2. The maximum atomic E-state index is 12.0. The molecule has 0 fully saturated rings. The maximum Gasteiger partial charge on any atom is 0.138 e. The number of nitrogens with zero attached hydrogens (tertiary/aromatic N) is 3. The minimum atomic E-state index is -0.275. The quantitative estimate of drug-likeness (QED) is 0.158. The molecule has 6 aromatic carbocycles. The molecule has 0 bridgehead atoms. The van der Waals surface area contributed by atoms with E-state index in [9.17, 15) is 5.11 Å². The molecular formula is C57H55N3O. The first kappa shape index (κ1) is 41.0. The number of pyridine rings is 2. The number of phenols is 1. The second kappa shape index (κ2) is 16.3. The third kappa shape index (κ3) is 8.63. The maximum absolute atomic E-state index is 12.0. The molecule has 0 aliphatic rings. The fourth-order valence-corrected chi connectivity index (χ4v) is 8.06. The molecule has 4 heteroatoms. The molecule has 0 spiro atoms. The molecule has 0 aliphatic heterocycles. The third-order valence-corrected chi connectivity index (χ3v) is 11.8. The van der Waals surface area contributed by atoms with Crippen LogP contribution in [0.15, 0.2) is 182 Å². The van der Waals surface area contributed by atoms with Crippen molar-refractivity contribution >= 4 is 17.2 Å². The van der Waals surface area contributed by atoms with Gasteiger partial charge >= 0.3 is 0 Å². The van der Waals surface area contributed by atoms with Crippen molar-refractivity contribution in [1.29, 1.82) is 0 Å². The molecule has 2 heterocycles. The number of hydrogen-bond donors (Lipinski definition) is 1. The summed E-state index contributed by atoms with van der Waals surface area (Å²) in [5.41, 5.74) is 13.6. The average Bonchev–Trinajstić information content (AvgIpc) is 3.27. The van der Waals surface area contributed by atoms with Crippen LogP contribution in [0.1, 0.15) is 77.6 Å². The van der Waals surface area contributed by atoms with Gasteiger partial charge in [0, 0.05) is 39.7 Å². The number of hydrogen-bond acceptors (Lipinski definition) is 4. The van der Waals surface area contributed by atoms with Crippen LogP contribution in [0.4, 0.5) is 17.2 Å². The number of para-hydroxylation sites is 1. The van der Waals surface area contributed by atoms with Gasteiger partial charge in [0.1, 0.15) is 11.6 Å². The molecule has 1 N–H and O–H groups in total. The predicted octanol–water partition coefficient (Wildman–Crippen LogP) is 15.2. The standard InChI is InChI=1S/C57H55N3O/c1-55(2,3)46-37-49(54(61)50(38-46)56(4,5)6)52-35-43(39-19-12-9-13-20-39)34-51(59-52)42-21-18-26-48(33-42)60(47-24-16-11-17-25-47)53-36-41(31-32-58-53)40-27-29-45(30-28-40)57(7,8)44-22-14-10-15-23-44/h9-38,61H,1-8H3. The van der Waals surface area contributed by atoms with Gasteiger partial charge in [-0.3, -0.25) is 4.90 Å². The summed E-state index contributed by atoms with van der Waals surface area (Å²) in [5, 5.41) is 12.0. The van der Waals surface area contributed by atoms with Crippen LogP contribution < -0.4 is 4.90 Å². The molecule has 0 amide bonds. The Morgan fingerprint density at radius 3 is 1.66 bits per heavy atom. The van der Waals surface area contributed by atoms with Crippen LogP contribution in [-0.4, -0.2) is 15.1 Å². The minimum absolute atomic E-state index is 0.124. The van der Waals surface area contributed by atoms with Crippen molar-refractivity contribution in [3.8, 4) is 50.5 Å². The molecule has 304 valence electrons. The van der Waals surface area contributed by atoms with E-state index in [0.29, 0.717) is 0 Å².